The van der Waals surface area contributed by atoms with Crippen molar-refractivity contribution in [2.24, 2.45) is 0 Å². The second-order valence-electron chi connectivity index (χ2n) is 8.29. The molecule has 0 bridgehead atoms. The fraction of sp³-hybridized carbons (Fsp3) is 0.391. The number of benzene rings is 2. The summed E-state index contributed by atoms with van der Waals surface area (Å²) in [6.45, 7) is 2.06. The first-order chi connectivity index (χ1) is 15.8. The summed E-state index contributed by atoms with van der Waals surface area (Å²) in [6, 6.07) is 12.0. The van der Waals surface area contributed by atoms with Crippen molar-refractivity contribution in [1.82, 2.24) is 14.5 Å². The van der Waals surface area contributed by atoms with Crippen LogP contribution in [0.25, 0.3) is 0 Å². The van der Waals surface area contributed by atoms with Crippen molar-refractivity contribution >= 4 is 27.5 Å². The number of para-hydroxylation sites is 1. The Morgan fingerprint density at radius 3 is 2.30 bits per heavy atom. The fourth-order valence-corrected chi connectivity index (χ4v) is 5.12. The molecular weight excluding hydrogens is 447 g/mol. The summed E-state index contributed by atoms with van der Waals surface area (Å²) in [6.07, 6.45) is 2.20. The summed E-state index contributed by atoms with van der Waals surface area (Å²) in [5.41, 5.74) is 0.924. The van der Waals surface area contributed by atoms with Gasteiger partial charge in [0.1, 0.15) is 5.82 Å². The van der Waals surface area contributed by atoms with Gasteiger partial charge < -0.3 is 15.5 Å². The van der Waals surface area contributed by atoms with Crippen molar-refractivity contribution < 1.29 is 22.4 Å². The minimum Gasteiger partial charge on any atom is -0.349 e. The van der Waals surface area contributed by atoms with Crippen LogP contribution < -0.4 is 10.6 Å². The summed E-state index contributed by atoms with van der Waals surface area (Å²) >= 11 is 0. The van der Waals surface area contributed by atoms with Crippen molar-refractivity contribution in [2.75, 3.05) is 38.0 Å². The number of carbonyl (C=O) groups is 2. The second-order valence-corrected chi connectivity index (χ2v) is 10.2. The first-order valence-corrected chi connectivity index (χ1v) is 12.4. The molecule has 2 aromatic rings. The molecule has 2 fully saturated rings. The SMILES string of the molecule is O=C(CCN1CCN(S(=O)(=O)c2ccc(F)cc2)CC1)Nc1ccccc1C(=O)NC1CC1. The minimum atomic E-state index is -3.67. The van der Waals surface area contributed by atoms with Gasteiger partial charge in [-0.2, -0.15) is 4.31 Å². The molecule has 1 saturated heterocycles. The number of amides is 2. The molecule has 10 heteroatoms. The molecule has 1 aliphatic heterocycles. The molecule has 2 N–H and O–H groups in total. The van der Waals surface area contributed by atoms with Gasteiger partial charge in [-0.15, -0.1) is 0 Å². The third-order valence-corrected chi connectivity index (χ3v) is 7.71. The van der Waals surface area contributed by atoms with Crippen LogP contribution in [0.1, 0.15) is 29.6 Å². The lowest BCUT2D eigenvalue weighted by Gasteiger charge is -2.33. The Labute approximate surface area is 192 Å². The van der Waals surface area contributed by atoms with Crippen LogP contribution in [0, 0.1) is 5.82 Å². The maximum absolute atomic E-state index is 13.1. The molecule has 33 heavy (non-hydrogen) atoms. The number of nitrogens with one attached hydrogen (secondary N) is 2. The predicted octanol–water partition coefficient (Wildman–Crippen LogP) is 2.05. The molecule has 1 heterocycles. The van der Waals surface area contributed by atoms with Gasteiger partial charge in [0.05, 0.1) is 16.1 Å². The molecule has 0 aromatic heterocycles. The van der Waals surface area contributed by atoms with E-state index in [1.165, 1.54) is 16.4 Å². The Kier molecular flexibility index (Phi) is 7.06. The van der Waals surface area contributed by atoms with Crippen LogP contribution in [0.15, 0.2) is 53.4 Å². The summed E-state index contributed by atoms with van der Waals surface area (Å²) in [5.74, 6) is -0.877. The van der Waals surface area contributed by atoms with E-state index in [1.54, 1.807) is 24.3 Å². The highest BCUT2D eigenvalue weighted by molar-refractivity contribution is 7.89. The van der Waals surface area contributed by atoms with E-state index in [0.29, 0.717) is 44.0 Å². The lowest BCUT2D eigenvalue weighted by Crippen LogP contribution is -2.49. The van der Waals surface area contributed by atoms with Gasteiger partial charge >= 0.3 is 0 Å². The molecule has 0 unspecified atom stereocenters. The van der Waals surface area contributed by atoms with Crippen LogP contribution in [-0.2, 0) is 14.8 Å². The van der Waals surface area contributed by atoms with Crippen molar-refractivity contribution in [3.05, 3.63) is 59.9 Å². The molecule has 176 valence electrons. The van der Waals surface area contributed by atoms with Crippen LogP contribution in [0.5, 0.6) is 0 Å². The van der Waals surface area contributed by atoms with Gasteiger partial charge in [-0.1, -0.05) is 12.1 Å². The van der Waals surface area contributed by atoms with Gasteiger partial charge in [-0.3, -0.25) is 9.59 Å². The first kappa shape index (κ1) is 23.3. The second kappa shape index (κ2) is 9.98. The van der Waals surface area contributed by atoms with Gasteiger partial charge in [0, 0.05) is 45.2 Å². The van der Waals surface area contributed by atoms with Crippen LogP contribution in [0.4, 0.5) is 10.1 Å². The van der Waals surface area contributed by atoms with E-state index in [9.17, 15) is 22.4 Å². The number of rotatable bonds is 8. The fourth-order valence-electron chi connectivity index (χ4n) is 3.70. The Morgan fingerprint density at radius 1 is 0.970 bits per heavy atom. The molecule has 2 amide bonds. The molecule has 1 aliphatic carbocycles. The normalized spacial score (nSPS) is 17.5. The maximum atomic E-state index is 13.1. The molecule has 0 radical (unpaired) electrons. The largest absolute Gasteiger partial charge is 0.349 e. The predicted molar refractivity (Wildman–Crippen MR) is 122 cm³/mol. The van der Waals surface area contributed by atoms with E-state index < -0.39 is 15.8 Å². The number of piperazine rings is 1. The maximum Gasteiger partial charge on any atom is 0.253 e. The topological polar surface area (TPSA) is 98.8 Å². The number of halogens is 1. The molecule has 2 aliphatic rings. The average Bonchev–Trinajstić information content (AvgIpc) is 3.62. The summed E-state index contributed by atoms with van der Waals surface area (Å²) in [5, 5.41) is 5.75. The van der Waals surface area contributed by atoms with E-state index in [4.69, 9.17) is 0 Å². The highest BCUT2D eigenvalue weighted by atomic mass is 32.2. The number of nitrogens with zero attached hydrogens (tertiary/aromatic N) is 2. The Hall–Kier alpha value is -2.82. The summed E-state index contributed by atoms with van der Waals surface area (Å²) < 4.78 is 39.9. The highest BCUT2D eigenvalue weighted by Gasteiger charge is 2.29. The molecule has 4 rings (SSSR count). The number of hydrogen-bond acceptors (Lipinski definition) is 5. The quantitative estimate of drug-likeness (QED) is 0.610. The number of anilines is 1. The van der Waals surface area contributed by atoms with E-state index in [2.05, 4.69) is 10.6 Å². The average molecular weight is 475 g/mol. The van der Waals surface area contributed by atoms with Crippen LogP contribution in [0.2, 0.25) is 0 Å². The third-order valence-electron chi connectivity index (χ3n) is 5.80. The summed E-state index contributed by atoms with van der Waals surface area (Å²) in [4.78, 5) is 27.0. The lowest BCUT2D eigenvalue weighted by atomic mass is 10.1. The monoisotopic (exact) mass is 474 g/mol. The number of sulfonamides is 1. The molecule has 2 aromatic carbocycles. The molecule has 0 atom stereocenters. The van der Waals surface area contributed by atoms with Gasteiger partial charge in [0.25, 0.3) is 5.91 Å². The van der Waals surface area contributed by atoms with Crippen LogP contribution in [0.3, 0.4) is 0 Å². The van der Waals surface area contributed by atoms with E-state index >= 15 is 0 Å². The Morgan fingerprint density at radius 2 is 1.64 bits per heavy atom. The van der Waals surface area contributed by atoms with Gasteiger partial charge in [0.15, 0.2) is 0 Å². The van der Waals surface area contributed by atoms with Crippen LogP contribution >= 0.6 is 0 Å². The van der Waals surface area contributed by atoms with Gasteiger partial charge in [-0.05, 0) is 49.2 Å². The van der Waals surface area contributed by atoms with E-state index in [0.717, 1.165) is 25.0 Å². The summed E-state index contributed by atoms with van der Waals surface area (Å²) in [7, 11) is -3.67. The van der Waals surface area contributed by atoms with E-state index in [-0.39, 0.29) is 29.2 Å². The standard InChI is InChI=1S/C23H27FN4O4S/c24-17-5-9-19(10-6-17)33(31,32)28-15-13-27(14-16-28)12-11-22(29)26-21-4-2-1-3-20(21)23(30)25-18-7-8-18/h1-6,9-10,18H,7-8,11-16H2,(H,25,30)(H,26,29). The van der Waals surface area contributed by atoms with Crippen molar-refractivity contribution in [2.45, 2.75) is 30.2 Å². The number of hydrogen-bond donors (Lipinski definition) is 2. The smallest absolute Gasteiger partial charge is 0.253 e. The third kappa shape index (κ3) is 5.95. The number of carbonyl (C=O) groups excluding carboxylic acids is 2. The minimum absolute atomic E-state index is 0.0705. The zero-order valence-electron chi connectivity index (χ0n) is 18.2. The molecule has 8 nitrogen and oxygen atoms in total. The Bertz CT molecular complexity index is 1110. The van der Waals surface area contributed by atoms with Gasteiger partial charge in [-0.25, -0.2) is 12.8 Å². The first-order valence-electron chi connectivity index (χ1n) is 11.0. The van der Waals surface area contributed by atoms with Crippen molar-refractivity contribution in [1.29, 1.82) is 0 Å². The molecule has 0 spiro atoms. The Balaban J connectivity index is 1.26. The lowest BCUT2D eigenvalue weighted by molar-refractivity contribution is -0.116. The highest BCUT2D eigenvalue weighted by Crippen LogP contribution is 2.22. The molecule has 1 saturated carbocycles. The zero-order valence-corrected chi connectivity index (χ0v) is 19.0. The zero-order chi connectivity index (χ0) is 23.4. The van der Waals surface area contributed by atoms with E-state index in [1.807, 2.05) is 4.90 Å². The van der Waals surface area contributed by atoms with Crippen molar-refractivity contribution in [3.8, 4) is 0 Å². The van der Waals surface area contributed by atoms with Crippen LogP contribution in [-0.4, -0.2) is 68.2 Å². The molecular formula is C23H27FN4O4S. The van der Waals surface area contributed by atoms with Gasteiger partial charge in [0.2, 0.25) is 15.9 Å². The van der Waals surface area contributed by atoms with Crippen molar-refractivity contribution in [3.63, 3.8) is 0 Å².